The van der Waals surface area contributed by atoms with Crippen LogP contribution in [0.1, 0.15) is 64.9 Å². The molecule has 8 nitrogen and oxygen atoms in total. The fourth-order valence-corrected chi connectivity index (χ4v) is 6.12. The molecule has 3 aliphatic carbocycles. The summed E-state index contributed by atoms with van der Waals surface area (Å²) in [6, 6.07) is 3.10. The smallest absolute Gasteiger partial charge is 0.408 e. The number of carbonyl (C=O) groups excluding carboxylic acids is 2. The van der Waals surface area contributed by atoms with Gasteiger partial charge in [-0.2, -0.15) is 5.10 Å². The molecule has 2 amide bonds. The summed E-state index contributed by atoms with van der Waals surface area (Å²) in [5, 5.41) is 10.2. The van der Waals surface area contributed by atoms with E-state index in [1.807, 2.05) is 51.7 Å². The highest BCUT2D eigenvalue weighted by molar-refractivity contribution is 5.96. The monoisotopic (exact) mass is 465 g/mol. The number of hydrogen-bond acceptors (Lipinski definition) is 5. The number of rotatable bonds is 5. The van der Waals surface area contributed by atoms with E-state index in [-0.39, 0.29) is 22.7 Å². The maximum absolute atomic E-state index is 13.6. The number of carbonyl (C=O) groups is 2. The Kier molecular flexibility index (Phi) is 5.26. The van der Waals surface area contributed by atoms with Crippen LogP contribution < -0.4 is 10.6 Å². The average Bonchev–Trinajstić information content (AvgIpc) is 3.64. The van der Waals surface area contributed by atoms with Crippen LogP contribution in [0.4, 0.5) is 10.6 Å². The van der Waals surface area contributed by atoms with Crippen LogP contribution in [0.5, 0.6) is 0 Å². The van der Waals surface area contributed by atoms with Crippen LogP contribution in [0.3, 0.4) is 0 Å². The van der Waals surface area contributed by atoms with Crippen LogP contribution in [-0.2, 0) is 16.6 Å². The fourth-order valence-electron chi connectivity index (χ4n) is 6.12. The van der Waals surface area contributed by atoms with Crippen LogP contribution in [0.15, 0.2) is 24.5 Å². The van der Waals surface area contributed by atoms with Crippen molar-refractivity contribution in [1.29, 1.82) is 0 Å². The first-order valence-electron chi connectivity index (χ1n) is 12.3. The molecule has 2 heterocycles. The van der Waals surface area contributed by atoms with Crippen molar-refractivity contribution < 1.29 is 14.3 Å². The molecule has 0 aliphatic heterocycles. The lowest BCUT2D eigenvalue weighted by atomic mass is 9.78. The first kappa shape index (κ1) is 22.9. The highest BCUT2D eigenvalue weighted by Crippen LogP contribution is 2.75. The van der Waals surface area contributed by atoms with Gasteiger partial charge in [-0.05, 0) is 101 Å². The van der Waals surface area contributed by atoms with E-state index in [2.05, 4.69) is 20.7 Å². The number of amides is 2. The lowest BCUT2D eigenvalue weighted by Gasteiger charge is -2.33. The second kappa shape index (κ2) is 7.82. The molecule has 1 unspecified atom stereocenters. The first-order valence-corrected chi connectivity index (χ1v) is 12.3. The highest BCUT2D eigenvalue weighted by Gasteiger charge is 2.69. The standard InChI is InChI=1S/C26H35N5O3/c1-16-14-28-31(5)20(16)17-6-7-18(27-15-17)29-22(32)19(30-23(33)34-24(2,3)4)21-25(8-9-25)12-13-26(21)10-11-26/h6-7,14-15,19,21H,8-13H2,1-5H3,(H,30,33)(H,27,29,32). The van der Waals surface area contributed by atoms with Crippen molar-refractivity contribution in [3.05, 3.63) is 30.1 Å². The Morgan fingerprint density at radius 3 is 2.18 bits per heavy atom. The van der Waals surface area contributed by atoms with E-state index >= 15 is 0 Å². The van der Waals surface area contributed by atoms with Gasteiger partial charge in [0, 0.05) is 18.8 Å². The summed E-state index contributed by atoms with van der Waals surface area (Å²) in [4.78, 5) is 30.9. The van der Waals surface area contributed by atoms with Gasteiger partial charge in [0.05, 0.1) is 11.9 Å². The number of aromatic nitrogens is 3. The Hall–Kier alpha value is -2.90. The molecule has 2 spiro atoms. The van der Waals surface area contributed by atoms with E-state index in [1.54, 1.807) is 12.3 Å². The SMILES string of the molecule is Cc1cnn(C)c1-c1ccc(NC(=O)C(NC(=O)OC(C)(C)C)C2C3(CC3)CCC23CC3)nc1. The van der Waals surface area contributed by atoms with Crippen molar-refractivity contribution in [2.75, 3.05) is 5.32 Å². The molecule has 2 aromatic heterocycles. The van der Waals surface area contributed by atoms with Crippen molar-refractivity contribution in [2.45, 2.75) is 77.9 Å². The molecule has 0 radical (unpaired) electrons. The second-order valence-electron chi connectivity index (χ2n) is 11.5. The minimum Gasteiger partial charge on any atom is -0.444 e. The Labute approximate surface area is 200 Å². The molecule has 1 atom stereocenters. The summed E-state index contributed by atoms with van der Waals surface area (Å²) in [5.41, 5.74) is 2.73. The predicted octanol–water partition coefficient (Wildman–Crippen LogP) is 4.59. The van der Waals surface area contributed by atoms with E-state index in [4.69, 9.17) is 4.74 Å². The van der Waals surface area contributed by atoms with Gasteiger partial charge >= 0.3 is 6.09 Å². The molecule has 5 rings (SSSR count). The van der Waals surface area contributed by atoms with E-state index < -0.39 is 17.7 Å². The van der Waals surface area contributed by atoms with Crippen LogP contribution in [0.25, 0.3) is 11.3 Å². The average molecular weight is 466 g/mol. The Bertz CT molecular complexity index is 1070. The maximum atomic E-state index is 13.6. The summed E-state index contributed by atoms with van der Waals surface area (Å²) in [6.45, 7) is 7.50. The van der Waals surface area contributed by atoms with Crippen molar-refractivity contribution >= 4 is 17.8 Å². The Balaban J connectivity index is 1.37. The van der Waals surface area contributed by atoms with E-state index in [9.17, 15) is 9.59 Å². The molecule has 34 heavy (non-hydrogen) atoms. The molecule has 0 saturated heterocycles. The van der Waals surface area contributed by atoms with Gasteiger partial charge in [-0.25, -0.2) is 9.78 Å². The van der Waals surface area contributed by atoms with Gasteiger partial charge in [0.1, 0.15) is 17.5 Å². The van der Waals surface area contributed by atoms with Gasteiger partial charge in [0.2, 0.25) is 5.91 Å². The van der Waals surface area contributed by atoms with Gasteiger partial charge in [0.15, 0.2) is 0 Å². The van der Waals surface area contributed by atoms with Crippen molar-refractivity contribution in [1.82, 2.24) is 20.1 Å². The Morgan fingerprint density at radius 2 is 1.71 bits per heavy atom. The lowest BCUT2D eigenvalue weighted by molar-refractivity contribution is -0.120. The van der Waals surface area contributed by atoms with Crippen LogP contribution in [0.2, 0.25) is 0 Å². The van der Waals surface area contributed by atoms with Gasteiger partial charge < -0.3 is 15.4 Å². The van der Waals surface area contributed by atoms with Gasteiger partial charge in [-0.1, -0.05) is 0 Å². The van der Waals surface area contributed by atoms with Gasteiger partial charge in [-0.15, -0.1) is 0 Å². The maximum Gasteiger partial charge on any atom is 0.408 e. The van der Waals surface area contributed by atoms with Gasteiger partial charge in [-0.3, -0.25) is 9.48 Å². The summed E-state index contributed by atoms with van der Waals surface area (Å²) in [7, 11) is 1.90. The fraction of sp³-hybridized carbons (Fsp3) is 0.615. The van der Waals surface area contributed by atoms with E-state index in [0.29, 0.717) is 5.82 Å². The third-order valence-corrected chi connectivity index (χ3v) is 7.92. The molecule has 182 valence electrons. The molecule has 0 aromatic carbocycles. The van der Waals surface area contributed by atoms with Crippen molar-refractivity contribution in [3.8, 4) is 11.3 Å². The van der Waals surface area contributed by atoms with E-state index in [1.165, 1.54) is 0 Å². The molecular weight excluding hydrogens is 430 g/mol. The zero-order valence-corrected chi connectivity index (χ0v) is 20.8. The largest absolute Gasteiger partial charge is 0.444 e. The molecule has 0 bridgehead atoms. The minimum atomic E-state index is -0.636. The molecule has 2 aromatic rings. The number of pyridine rings is 1. The lowest BCUT2D eigenvalue weighted by Crippen LogP contribution is -2.53. The first-order chi connectivity index (χ1) is 16.0. The zero-order valence-electron chi connectivity index (χ0n) is 20.8. The third kappa shape index (κ3) is 4.18. The number of nitrogens with zero attached hydrogens (tertiary/aromatic N) is 3. The summed E-state index contributed by atoms with van der Waals surface area (Å²) in [5.74, 6) is 0.397. The number of alkyl carbamates (subject to hydrolysis) is 1. The van der Waals surface area contributed by atoms with Crippen molar-refractivity contribution in [3.63, 3.8) is 0 Å². The van der Waals surface area contributed by atoms with Crippen LogP contribution in [-0.4, -0.2) is 38.4 Å². The normalized spacial score (nSPS) is 20.9. The zero-order chi connectivity index (χ0) is 24.3. The highest BCUT2D eigenvalue weighted by atomic mass is 16.6. The molecule has 3 fully saturated rings. The summed E-state index contributed by atoms with van der Waals surface area (Å²) in [6.07, 6.45) is 9.86. The number of hydrogen-bond donors (Lipinski definition) is 2. The van der Waals surface area contributed by atoms with Crippen LogP contribution >= 0.6 is 0 Å². The quantitative estimate of drug-likeness (QED) is 0.673. The Morgan fingerprint density at radius 1 is 1.09 bits per heavy atom. The molecule has 3 aliphatic rings. The van der Waals surface area contributed by atoms with Crippen molar-refractivity contribution in [2.24, 2.45) is 23.8 Å². The topological polar surface area (TPSA) is 98.1 Å². The predicted molar refractivity (Wildman–Crippen MR) is 129 cm³/mol. The summed E-state index contributed by atoms with van der Waals surface area (Å²) >= 11 is 0. The molecule has 2 N–H and O–H groups in total. The number of nitrogens with one attached hydrogen (secondary N) is 2. The molecule has 8 heteroatoms. The number of anilines is 1. The third-order valence-electron chi connectivity index (χ3n) is 7.92. The minimum absolute atomic E-state index is 0.142. The second-order valence-corrected chi connectivity index (χ2v) is 11.5. The van der Waals surface area contributed by atoms with Crippen LogP contribution in [0, 0.1) is 23.7 Å². The molecule has 3 saturated carbocycles. The summed E-state index contributed by atoms with van der Waals surface area (Å²) < 4.78 is 7.35. The van der Waals surface area contributed by atoms with E-state index in [0.717, 1.165) is 55.3 Å². The van der Waals surface area contributed by atoms with Gasteiger partial charge in [0.25, 0.3) is 0 Å². The number of ether oxygens (including phenoxy) is 1. The number of aryl methyl sites for hydroxylation is 2. The molecular formula is C26H35N5O3.